The molecule has 2 aromatic rings. The summed E-state index contributed by atoms with van der Waals surface area (Å²) >= 11 is 0. The van der Waals surface area contributed by atoms with Gasteiger partial charge >= 0.3 is 0 Å². The molecular formula is C23H23N3O4S. The van der Waals surface area contributed by atoms with Gasteiger partial charge in [0.15, 0.2) is 0 Å². The van der Waals surface area contributed by atoms with Crippen LogP contribution in [0.1, 0.15) is 42.4 Å². The number of hydrogen-bond donors (Lipinski definition) is 1. The topological polar surface area (TPSA) is 107 Å². The molecule has 2 fully saturated rings. The smallest absolute Gasteiger partial charge is 0.262 e. The molecule has 7 nitrogen and oxygen atoms in total. The fourth-order valence-electron chi connectivity index (χ4n) is 4.46. The van der Waals surface area contributed by atoms with E-state index >= 15 is 0 Å². The van der Waals surface area contributed by atoms with Gasteiger partial charge in [0.25, 0.3) is 10.0 Å². The van der Waals surface area contributed by atoms with E-state index in [2.05, 4.69) is 4.72 Å². The van der Waals surface area contributed by atoms with Crippen LogP contribution in [0.5, 0.6) is 0 Å². The van der Waals surface area contributed by atoms with Crippen LogP contribution in [-0.4, -0.2) is 25.1 Å². The Morgan fingerprint density at radius 3 is 2.39 bits per heavy atom. The first kappa shape index (κ1) is 21.1. The predicted octanol–water partition coefficient (Wildman–Crippen LogP) is 3.34. The van der Waals surface area contributed by atoms with Gasteiger partial charge in [0, 0.05) is 0 Å². The normalized spacial score (nSPS) is 21.0. The number of fused-ring (bicyclic) bond motifs is 1. The van der Waals surface area contributed by atoms with E-state index in [-0.39, 0.29) is 40.8 Å². The number of carbonyl (C=O) groups excluding carboxylic acids is 2. The maximum atomic E-state index is 13.0. The molecule has 0 aromatic heterocycles. The first-order valence-electron chi connectivity index (χ1n) is 10.3. The zero-order chi connectivity index (χ0) is 22.2. The summed E-state index contributed by atoms with van der Waals surface area (Å²) in [5, 5.41) is 9.03. The van der Waals surface area contributed by atoms with Gasteiger partial charge in [-0.3, -0.25) is 19.2 Å². The second kappa shape index (κ2) is 8.16. The van der Waals surface area contributed by atoms with Crippen LogP contribution in [-0.2, 0) is 26.2 Å². The molecule has 0 radical (unpaired) electrons. The largest absolute Gasteiger partial charge is 0.280 e. The van der Waals surface area contributed by atoms with E-state index in [1.165, 1.54) is 17.0 Å². The average Bonchev–Trinajstić information content (AvgIpc) is 3.00. The van der Waals surface area contributed by atoms with Crippen molar-refractivity contribution in [3.8, 4) is 6.07 Å². The van der Waals surface area contributed by atoms with Gasteiger partial charge in [-0.2, -0.15) is 5.26 Å². The summed E-state index contributed by atoms with van der Waals surface area (Å²) < 4.78 is 28.5. The molecule has 1 heterocycles. The molecule has 2 aliphatic rings. The van der Waals surface area contributed by atoms with Crippen LogP contribution in [0.15, 0.2) is 47.4 Å². The van der Waals surface area contributed by atoms with Gasteiger partial charge in [-0.15, -0.1) is 0 Å². The lowest BCUT2D eigenvalue weighted by molar-refractivity contribution is -0.140. The molecule has 1 N–H and O–H groups in total. The quantitative estimate of drug-likeness (QED) is 0.722. The zero-order valence-corrected chi connectivity index (χ0v) is 18.0. The molecule has 1 aliphatic heterocycles. The van der Waals surface area contributed by atoms with Crippen molar-refractivity contribution in [2.24, 2.45) is 11.8 Å². The number of imide groups is 1. The first-order valence-corrected chi connectivity index (χ1v) is 11.8. The third-order valence-corrected chi connectivity index (χ3v) is 7.58. The molecule has 4 rings (SSSR count). The maximum absolute atomic E-state index is 13.0. The number of aryl methyl sites for hydroxylation is 1. The Labute approximate surface area is 181 Å². The van der Waals surface area contributed by atoms with Gasteiger partial charge in [0.05, 0.1) is 40.6 Å². The second-order valence-corrected chi connectivity index (χ2v) is 9.81. The summed E-state index contributed by atoms with van der Waals surface area (Å²) in [5.74, 6) is -0.759. The second-order valence-electron chi connectivity index (χ2n) is 8.16. The number of likely N-dealkylation sites (tertiary alicyclic amines) is 1. The van der Waals surface area contributed by atoms with Crippen molar-refractivity contribution >= 4 is 27.5 Å². The van der Waals surface area contributed by atoms with E-state index in [4.69, 9.17) is 5.26 Å². The fraction of sp³-hybridized carbons (Fsp3) is 0.348. The average molecular weight is 438 g/mol. The van der Waals surface area contributed by atoms with Crippen LogP contribution in [0.4, 0.5) is 5.69 Å². The number of nitrogens with zero attached hydrogens (tertiary/aromatic N) is 2. The number of nitrogens with one attached hydrogen (secondary N) is 1. The molecule has 2 unspecified atom stereocenters. The Hall–Kier alpha value is -3.18. The number of anilines is 1. The Morgan fingerprint density at radius 1 is 1.06 bits per heavy atom. The van der Waals surface area contributed by atoms with Gasteiger partial charge in [-0.25, -0.2) is 8.42 Å². The van der Waals surface area contributed by atoms with Crippen molar-refractivity contribution in [1.29, 1.82) is 5.26 Å². The predicted molar refractivity (Wildman–Crippen MR) is 114 cm³/mol. The molecule has 1 saturated carbocycles. The number of carbonyl (C=O) groups is 2. The summed E-state index contributed by atoms with van der Waals surface area (Å²) in [5.41, 5.74) is 1.76. The highest BCUT2D eigenvalue weighted by molar-refractivity contribution is 7.92. The van der Waals surface area contributed by atoms with Crippen molar-refractivity contribution < 1.29 is 18.0 Å². The van der Waals surface area contributed by atoms with Crippen molar-refractivity contribution in [3.05, 3.63) is 59.2 Å². The lowest BCUT2D eigenvalue weighted by atomic mass is 9.81. The SMILES string of the molecule is Cc1ccc(CN2C(=O)C3CCCCC3C2=O)cc1S(=O)(=O)Nc1cccc(C#N)c1. The molecular weight excluding hydrogens is 414 g/mol. The summed E-state index contributed by atoms with van der Waals surface area (Å²) in [7, 11) is -3.92. The van der Waals surface area contributed by atoms with E-state index in [0.29, 0.717) is 16.7 Å². The standard InChI is InChI=1S/C23H23N3O4S/c1-15-9-10-17(14-26-22(27)19-7-2-3-8-20(19)23(26)28)12-21(15)31(29,30)25-18-6-4-5-16(11-18)13-24/h4-6,9-12,19-20,25H,2-3,7-8,14H2,1H3. The number of sulfonamides is 1. The summed E-state index contributed by atoms with van der Waals surface area (Å²) in [6.07, 6.45) is 3.40. The number of benzene rings is 2. The minimum Gasteiger partial charge on any atom is -0.280 e. The Bertz CT molecular complexity index is 1180. The van der Waals surface area contributed by atoms with Crippen LogP contribution >= 0.6 is 0 Å². The van der Waals surface area contributed by atoms with E-state index in [1.54, 1.807) is 37.3 Å². The molecule has 2 aromatic carbocycles. The van der Waals surface area contributed by atoms with Crippen molar-refractivity contribution in [3.63, 3.8) is 0 Å². The minimum atomic E-state index is -3.92. The van der Waals surface area contributed by atoms with Crippen LogP contribution in [0.2, 0.25) is 0 Å². The number of nitriles is 1. The highest BCUT2D eigenvalue weighted by Crippen LogP contribution is 2.38. The fourth-order valence-corrected chi connectivity index (χ4v) is 5.81. The monoisotopic (exact) mass is 437 g/mol. The van der Waals surface area contributed by atoms with E-state index in [0.717, 1.165) is 25.7 Å². The molecule has 31 heavy (non-hydrogen) atoms. The lowest BCUT2D eigenvalue weighted by Crippen LogP contribution is -2.30. The molecule has 160 valence electrons. The summed E-state index contributed by atoms with van der Waals surface area (Å²) in [6.45, 7) is 1.75. The third kappa shape index (κ3) is 4.06. The van der Waals surface area contributed by atoms with E-state index in [9.17, 15) is 18.0 Å². The molecule has 2 atom stereocenters. The van der Waals surface area contributed by atoms with Crippen LogP contribution in [0, 0.1) is 30.1 Å². The molecule has 2 amide bonds. The molecule has 1 saturated heterocycles. The van der Waals surface area contributed by atoms with Gasteiger partial charge < -0.3 is 0 Å². The van der Waals surface area contributed by atoms with Crippen molar-refractivity contribution in [1.82, 2.24) is 4.90 Å². The number of hydrogen-bond acceptors (Lipinski definition) is 5. The number of amides is 2. The zero-order valence-electron chi connectivity index (χ0n) is 17.2. The third-order valence-electron chi connectivity index (χ3n) is 6.06. The van der Waals surface area contributed by atoms with Crippen LogP contribution in [0.25, 0.3) is 0 Å². The highest BCUT2D eigenvalue weighted by atomic mass is 32.2. The van der Waals surface area contributed by atoms with Gasteiger partial charge in [0.1, 0.15) is 0 Å². The Kier molecular flexibility index (Phi) is 5.54. The molecule has 0 spiro atoms. The van der Waals surface area contributed by atoms with Crippen LogP contribution < -0.4 is 4.72 Å². The maximum Gasteiger partial charge on any atom is 0.262 e. The molecule has 8 heteroatoms. The van der Waals surface area contributed by atoms with Gasteiger partial charge in [-0.1, -0.05) is 31.0 Å². The van der Waals surface area contributed by atoms with Crippen molar-refractivity contribution in [2.45, 2.75) is 44.0 Å². The first-order chi connectivity index (χ1) is 14.8. The van der Waals surface area contributed by atoms with Gasteiger partial charge in [0.2, 0.25) is 11.8 Å². The van der Waals surface area contributed by atoms with E-state index in [1.807, 2.05) is 6.07 Å². The van der Waals surface area contributed by atoms with Gasteiger partial charge in [-0.05, 0) is 55.2 Å². The summed E-state index contributed by atoms with van der Waals surface area (Å²) in [6, 6.07) is 13.1. The minimum absolute atomic E-state index is 0.0668. The van der Waals surface area contributed by atoms with E-state index < -0.39 is 10.0 Å². The summed E-state index contributed by atoms with van der Waals surface area (Å²) in [4.78, 5) is 26.9. The molecule has 0 bridgehead atoms. The lowest BCUT2D eigenvalue weighted by Gasteiger charge is -2.19. The number of rotatable bonds is 5. The highest BCUT2D eigenvalue weighted by Gasteiger charge is 2.47. The van der Waals surface area contributed by atoms with Crippen LogP contribution in [0.3, 0.4) is 0 Å². The van der Waals surface area contributed by atoms with Crippen molar-refractivity contribution in [2.75, 3.05) is 4.72 Å². The Balaban J connectivity index is 1.59. The molecule has 1 aliphatic carbocycles. The Morgan fingerprint density at radius 2 is 1.74 bits per heavy atom.